The third-order valence-corrected chi connectivity index (χ3v) is 4.66. The van der Waals surface area contributed by atoms with Gasteiger partial charge in [0.1, 0.15) is 23.9 Å². The fourth-order valence-corrected chi connectivity index (χ4v) is 3.13. The van der Waals surface area contributed by atoms with Crippen molar-refractivity contribution in [2.75, 3.05) is 13.7 Å². The summed E-state index contributed by atoms with van der Waals surface area (Å²) in [5.41, 5.74) is 2.34. The second-order valence-corrected chi connectivity index (χ2v) is 6.50. The van der Waals surface area contributed by atoms with Crippen LogP contribution in [-0.2, 0) is 6.54 Å². The standard InChI is InChI=1S/C23H19FN2O3/c1-28-19-7-8-20-21(14-19)25-11-10-22(20)29-13-12-26-15-17(4-9-23(26)27)16-2-5-18(24)6-3-16/h2-11,14-15H,12-13H2,1H3. The van der Waals surface area contributed by atoms with Gasteiger partial charge < -0.3 is 14.0 Å². The van der Waals surface area contributed by atoms with Crippen LogP contribution in [0.2, 0.25) is 0 Å². The number of aromatic nitrogens is 2. The van der Waals surface area contributed by atoms with Crippen LogP contribution >= 0.6 is 0 Å². The highest BCUT2D eigenvalue weighted by Crippen LogP contribution is 2.27. The first-order valence-electron chi connectivity index (χ1n) is 9.16. The monoisotopic (exact) mass is 390 g/mol. The SMILES string of the molecule is COc1ccc2c(OCCn3cc(-c4ccc(F)cc4)ccc3=O)ccnc2c1. The van der Waals surface area contributed by atoms with E-state index in [0.29, 0.717) is 18.9 Å². The van der Waals surface area contributed by atoms with E-state index in [1.54, 1.807) is 48.3 Å². The van der Waals surface area contributed by atoms with Gasteiger partial charge in [-0.1, -0.05) is 12.1 Å². The largest absolute Gasteiger partial charge is 0.497 e. The molecular formula is C23H19FN2O3. The van der Waals surface area contributed by atoms with Crippen molar-refractivity contribution in [1.82, 2.24) is 9.55 Å². The molecule has 2 aromatic heterocycles. The van der Waals surface area contributed by atoms with Crippen LogP contribution in [0.3, 0.4) is 0 Å². The van der Waals surface area contributed by atoms with E-state index >= 15 is 0 Å². The Kier molecular flexibility index (Phi) is 5.24. The van der Waals surface area contributed by atoms with Crippen LogP contribution < -0.4 is 15.0 Å². The highest BCUT2D eigenvalue weighted by molar-refractivity contribution is 5.85. The van der Waals surface area contributed by atoms with Crippen molar-refractivity contribution in [3.05, 3.63) is 89.2 Å². The summed E-state index contributed by atoms with van der Waals surface area (Å²) < 4.78 is 25.9. The van der Waals surface area contributed by atoms with Crippen LogP contribution in [0.4, 0.5) is 4.39 Å². The van der Waals surface area contributed by atoms with Crippen LogP contribution in [0, 0.1) is 5.82 Å². The van der Waals surface area contributed by atoms with Crippen molar-refractivity contribution < 1.29 is 13.9 Å². The molecule has 0 saturated heterocycles. The zero-order chi connectivity index (χ0) is 20.2. The number of nitrogens with zero attached hydrogens (tertiary/aromatic N) is 2. The van der Waals surface area contributed by atoms with Gasteiger partial charge in [0.05, 0.1) is 19.2 Å². The number of halogens is 1. The molecule has 2 heterocycles. The predicted octanol–water partition coefficient (Wildman–Crippen LogP) is 4.29. The molecule has 0 unspecified atom stereocenters. The molecule has 146 valence electrons. The first kappa shape index (κ1) is 18.7. The van der Waals surface area contributed by atoms with E-state index < -0.39 is 0 Å². The van der Waals surface area contributed by atoms with E-state index in [1.807, 2.05) is 18.2 Å². The van der Waals surface area contributed by atoms with Gasteiger partial charge in [0.25, 0.3) is 5.56 Å². The molecule has 0 amide bonds. The van der Waals surface area contributed by atoms with Gasteiger partial charge in [-0.2, -0.15) is 0 Å². The first-order valence-corrected chi connectivity index (χ1v) is 9.16. The summed E-state index contributed by atoms with van der Waals surface area (Å²) in [7, 11) is 1.61. The molecule has 29 heavy (non-hydrogen) atoms. The van der Waals surface area contributed by atoms with Gasteiger partial charge in [-0.15, -0.1) is 0 Å². The molecule has 0 radical (unpaired) electrons. The molecule has 0 N–H and O–H groups in total. The van der Waals surface area contributed by atoms with E-state index in [-0.39, 0.29) is 11.4 Å². The highest BCUT2D eigenvalue weighted by atomic mass is 19.1. The smallest absolute Gasteiger partial charge is 0.250 e. The molecule has 0 aliphatic rings. The van der Waals surface area contributed by atoms with E-state index in [2.05, 4.69) is 4.98 Å². The molecule has 0 aliphatic carbocycles. The van der Waals surface area contributed by atoms with Crippen molar-refractivity contribution in [3.8, 4) is 22.6 Å². The lowest BCUT2D eigenvalue weighted by atomic mass is 10.1. The average Bonchev–Trinajstić information content (AvgIpc) is 2.75. The fourth-order valence-electron chi connectivity index (χ4n) is 3.13. The maximum Gasteiger partial charge on any atom is 0.250 e. The Morgan fingerprint density at radius 2 is 1.79 bits per heavy atom. The summed E-state index contributed by atoms with van der Waals surface area (Å²) in [5, 5.41) is 0.876. The van der Waals surface area contributed by atoms with Crippen LogP contribution in [0.5, 0.6) is 11.5 Å². The lowest BCUT2D eigenvalue weighted by Gasteiger charge is -2.12. The molecule has 0 bridgehead atoms. The number of hydrogen-bond donors (Lipinski definition) is 0. The minimum absolute atomic E-state index is 0.121. The van der Waals surface area contributed by atoms with Crippen molar-refractivity contribution in [1.29, 1.82) is 0 Å². The Bertz CT molecular complexity index is 1200. The van der Waals surface area contributed by atoms with Crippen molar-refractivity contribution in [2.24, 2.45) is 0 Å². The van der Waals surface area contributed by atoms with Gasteiger partial charge in [-0.25, -0.2) is 4.39 Å². The maximum absolute atomic E-state index is 13.1. The quantitative estimate of drug-likeness (QED) is 0.493. The lowest BCUT2D eigenvalue weighted by molar-refractivity contribution is 0.299. The fraction of sp³-hybridized carbons (Fsp3) is 0.130. The lowest BCUT2D eigenvalue weighted by Crippen LogP contribution is -2.21. The first-order chi connectivity index (χ1) is 14.1. The van der Waals surface area contributed by atoms with Crippen molar-refractivity contribution in [2.45, 2.75) is 6.54 Å². The molecule has 2 aromatic carbocycles. The normalized spacial score (nSPS) is 10.8. The molecule has 4 aromatic rings. The Morgan fingerprint density at radius 3 is 2.59 bits per heavy atom. The molecule has 0 atom stereocenters. The molecule has 0 spiro atoms. The number of ether oxygens (including phenoxy) is 2. The summed E-state index contributed by atoms with van der Waals surface area (Å²) in [4.78, 5) is 16.5. The van der Waals surface area contributed by atoms with Crippen molar-refractivity contribution >= 4 is 10.9 Å². The number of fused-ring (bicyclic) bond motifs is 1. The van der Waals surface area contributed by atoms with Gasteiger partial charge in [-0.05, 0) is 47.5 Å². The van der Waals surface area contributed by atoms with Crippen LogP contribution in [-0.4, -0.2) is 23.3 Å². The third kappa shape index (κ3) is 4.11. The maximum atomic E-state index is 13.1. The van der Waals surface area contributed by atoms with Gasteiger partial charge >= 0.3 is 0 Å². The second-order valence-electron chi connectivity index (χ2n) is 6.50. The zero-order valence-electron chi connectivity index (χ0n) is 15.8. The summed E-state index contributed by atoms with van der Waals surface area (Å²) in [6, 6.07) is 16.8. The van der Waals surface area contributed by atoms with Crippen LogP contribution in [0.25, 0.3) is 22.0 Å². The van der Waals surface area contributed by atoms with E-state index in [1.165, 1.54) is 18.2 Å². The molecule has 0 aliphatic heterocycles. The number of pyridine rings is 2. The van der Waals surface area contributed by atoms with Gasteiger partial charge in [0.15, 0.2) is 0 Å². The molecule has 6 heteroatoms. The highest BCUT2D eigenvalue weighted by Gasteiger charge is 2.06. The minimum atomic E-state index is -0.294. The van der Waals surface area contributed by atoms with E-state index in [0.717, 1.165) is 27.8 Å². The average molecular weight is 390 g/mol. The summed E-state index contributed by atoms with van der Waals surface area (Å²) in [6.45, 7) is 0.700. The molecule has 0 saturated carbocycles. The predicted molar refractivity (Wildman–Crippen MR) is 110 cm³/mol. The van der Waals surface area contributed by atoms with E-state index in [9.17, 15) is 9.18 Å². The Labute approximate surface area is 167 Å². The Hall–Kier alpha value is -3.67. The molecule has 5 nitrogen and oxygen atoms in total. The number of rotatable bonds is 6. The molecule has 4 rings (SSSR count). The van der Waals surface area contributed by atoms with Gasteiger partial charge in [-0.3, -0.25) is 9.78 Å². The topological polar surface area (TPSA) is 53.4 Å². The third-order valence-electron chi connectivity index (χ3n) is 4.66. The zero-order valence-corrected chi connectivity index (χ0v) is 15.8. The van der Waals surface area contributed by atoms with Crippen LogP contribution in [0.15, 0.2) is 77.9 Å². The van der Waals surface area contributed by atoms with Crippen molar-refractivity contribution in [3.63, 3.8) is 0 Å². The summed E-state index contributed by atoms with van der Waals surface area (Å²) in [6.07, 6.45) is 3.44. The van der Waals surface area contributed by atoms with Gasteiger partial charge in [0.2, 0.25) is 0 Å². The minimum Gasteiger partial charge on any atom is -0.497 e. The second kappa shape index (κ2) is 8.14. The number of methoxy groups -OCH3 is 1. The molecule has 0 fully saturated rings. The Morgan fingerprint density at radius 1 is 1.00 bits per heavy atom. The number of benzene rings is 2. The van der Waals surface area contributed by atoms with Crippen LogP contribution in [0.1, 0.15) is 0 Å². The summed E-state index contributed by atoms with van der Waals surface area (Å²) in [5.74, 6) is 1.13. The van der Waals surface area contributed by atoms with Gasteiger partial charge in [0, 0.05) is 29.9 Å². The number of hydrogen-bond acceptors (Lipinski definition) is 4. The van der Waals surface area contributed by atoms with E-state index in [4.69, 9.17) is 9.47 Å². The molecular weight excluding hydrogens is 371 g/mol. The summed E-state index contributed by atoms with van der Waals surface area (Å²) >= 11 is 0. The Balaban J connectivity index is 1.51.